The first-order valence-corrected chi connectivity index (χ1v) is 11.7. The number of nitrogens with zero attached hydrogens (tertiary/aromatic N) is 2. The summed E-state index contributed by atoms with van der Waals surface area (Å²) >= 11 is 7.96. The van der Waals surface area contributed by atoms with E-state index in [9.17, 15) is 4.79 Å². The van der Waals surface area contributed by atoms with Gasteiger partial charge in [-0.25, -0.2) is 0 Å². The molecule has 0 atom stereocenters. The maximum Gasteiger partial charge on any atom is 0.255 e. The van der Waals surface area contributed by atoms with Gasteiger partial charge in [0.1, 0.15) is 0 Å². The van der Waals surface area contributed by atoms with Crippen LogP contribution in [0.2, 0.25) is 5.02 Å². The third kappa shape index (κ3) is 4.56. The van der Waals surface area contributed by atoms with Gasteiger partial charge in [0.05, 0.1) is 16.6 Å². The Hall–Kier alpha value is -2.27. The number of hydrogen-bond donors (Lipinski definition) is 0. The van der Waals surface area contributed by atoms with Crippen molar-refractivity contribution in [2.75, 3.05) is 32.4 Å². The Labute approximate surface area is 187 Å². The number of halogens is 1. The largest absolute Gasteiger partial charge is 0.336 e. The lowest BCUT2D eigenvalue weighted by molar-refractivity contribution is 0.0597. The molecule has 0 aliphatic carbocycles. The third-order valence-corrected chi connectivity index (χ3v) is 6.66. The molecular formula is C25H25ClN2OS. The SMILES string of the molecule is CSc1ccc(Cl)c(C(=O)N2CCN(C(c3ccccc3)c3ccccc3)CC2)c1. The van der Waals surface area contributed by atoms with Crippen LogP contribution in [0.25, 0.3) is 0 Å². The number of carbonyl (C=O) groups is 1. The highest BCUT2D eigenvalue weighted by atomic mass is 35.5. The zero-order valence-electron chi connectivity index (χ0n) is 17.0. The number of benzene rings is 3. The van der Waals surface area contributed by atoms with Gasteiger partial charge < -0.3 is 4.90 Å². The second-order valence-electron chi connectivity index (χ2n) is 7.40. The molecule has 0 unspecified atom stereocenters. The quantitative estimate of drug-likeness (QED) is 0.485. The average molecular weight is 437 g/mol. The van der Waals surface area contributed by atoms with Crippen LogP contribution in [0.3, 0.4) is 0 Å². The lowest BCUT2D eigenvalue weighted by Gasteiger charge is -2.40. The summed E-state index contributed by atoms with van der Waals surface area (Å²) in [5.41, 5.74) is 3.15. The van der Waals surface area contributed by atoms with Crippen molar-refractivity contribution in [2.45, 2.75) is 10.9 Å². The van der Waals surface area contributed by atoms with Gasteiger partial charge in [-0.3, -0.25) is 9.69 Å². The molecule has 154 valence electrons. The summed E-state index contributed by atoms with van der Waals surface area (Å²) in [4.78, 5) is 18.6. The van der Waals surface area contributed by atoms with E-state index in [4.69, 9.17) is 11.6 Å². The van der Waals surface area contributed by atoms with Crippen LogP contribution < -0.4 is 0 Å². The number of rotatable bonds is 5. The summed E-state index contributed by atoms with van der Waals surface area (Å²) in [7, 11) is 0. The van der Waals surface area contributed by atoms with E-state index in [1.165, 1.54) is 11.1 Å². The van der Waals surface area contributed by atoms with Crippen LogP contribution in [0.4, 0.5) is 0 Å². The Morgan fingerprint density at radius 3 is 1.97 bits per heavy atom. The fourth-order valence-corrected chi connectivity index (χ4v) is 4.67. The summed E-state index contributed by atoms with van der Waals surface area (Å²) in [5.74, 6) is 0.0199. The van der Waals surface area contributed by atoms with Gasteiger partial charge in [-0.05, 0) is 35.6 Å². The topological polar surface area (TPSA) is 23.6 Å². The van der Waals surface area contributed by atoms with Crippen molar-refractivity contribution >= 4 is 29.3 Å². The second-order valence-corrected chi connectivity index (χ2v) is 8.68. The van der Waals surface area contributed by atoms with Crippen molar-refractivity contribution in [3.63, 3.8) is 0 Å². The molecule has 1 saturated heterocycles. The number of hydrogen-bond acceptors (Lipinski definition) is 3. The van der Waals surface area contributed by atoms with Crippen molar-refractivity contribution in [3.05, 3.63) is 101 Å². The van der Waals surface area contributed by atoms with Gasteiger partial charge >= 0.3 is 0 Å². The minimum Gasteiger partial charge on any atom is -0.336 e. The first kappa shape index (κ1) is 21.0. The molecule has 30 heavy (non-hydrogen) atoms. The van der Waals surface area contributed by atoms with Gasteiger partial charge in [-0.15, -0.1) is 11.8 Å². The van der Waals surface area contributed by atoms with Crippen LogP contribution in [0.15, 0.2) is 83.8 Å². The van der Waals surface area contributed by atoms with Gasteiger partial charge in [0.25, 0.3) is 5.91 Å². The predicted molar refractivity (Wildman–Crippen MR) is 125 cm³/mol. The molecule has 4 rings (SSSR count). The Morgan fingerprint density at radius 2 is 1.43 bits per heavy atom. The Morgan fingerprint density at radius 1 is 0.867 bits per heavy atom. The molecule has 0 bridgehead atoms. The molecule has 1 amide bonds. The fraction of sp³-hybridized carbons (Fsp3) is 0.240. The van der Waals surface area contributed by atoms with Gasteiger partial charge in [0.15, 0.2) is 0 Å². The summed E-state index contributed by atoms with van der Waals surface area (Å²) in [6, 6.07) is 27.0. The van der Waals surface area contributed by atoms with Gasteiger partial charge in [0, 0.05) is 31.1 Å². The molecule has 5 heteroatoms. The zero-order chi connectivity index (χ0) is 20.9. The van der Waals surface area contributed by atoms with E-state index < -0.39 is 0 Å². The van der Waals surface area contributed by atoms with Crippen LogP contribution in [0.5, 0.6) is 0 Å². The average Bonchev–Trinajstić information content (AvgIpc) is 2.81. The molecule has 1 aliphatic heterocycles. The van der Waals surface area contributed by atoms with Gasteiger partial charge in [-0.2, -0.15) is 0 Å². The van der Waals surface area contributed by atoms with Crippen molar-refractivity contribution in [1.82, 2.24) is 9.80 Å². The first-order chi connectivity index (χ1) is 14.7. The smallest absolute Gasteiger partial charge is 0.255 e. The minimum atomic E-state index is 0.0199. The number of amides is 1. The maximum atomic E-state index is 13.1. The standard InChI is InChI=1S/C25H25ClN2OS/c1-30-21-12-13-23(26)22(18-21)25(29)28-16-14-27(15-17-28)24(19-8-4-2-5-9-19)20-10-6-3-7-11-20/h2-13,18,24H,14-17H2,1H3. The monoisotopic (exact) mass is 436 g/mol. The van der Waals surface area contributed by atoms with Crippen LogP contribution in [-0.4, -0.2) is 48.1 Å². The molecule has 0 N–H and O–H groups in total. The second kappa shape index (κ2) is 9.69. The van der Waals surface area contributed by atoms with Crippen molar-refractivity contribution in [2.24, 2.45) is 0 Å². The van der Waals surface area contributed by atoms with E-state index in [2.05, 4.69) is 65.6 Å². The van der Waals surface area contributed by atoms with Crippen molar-refractivity contribution in [3.8, 4) is 0 Å². The Kier molecular flexibility index (Phi) is 6.78. The van der Waals surface area contributed by atoms with E-state index in [0.29, 0.717) is 23.7 Å². The van der Waals surface area contributed by atoms with E-state index in [0.717, 1.165) is 18.0 Å². The zero-order valence-corrected chi connectivity index (χ0v) is 18.6. The third-order valence-electron chi connectivity index (χ3n) is 5.60. The van der Waals surface area contributed by atoms with Crippen LogP contribution in [0.1, 0.15) is 27.5 Å². The summed E-state index contributed by atoms with van der Waals surface area (Å²) in [5, 5.41) is 0.520. The van der Waals surface area contributed by atoms with Crippen molar-refractivity contribution < 1.29 is 4.79 Å². The number of thioether (sulfide) groups is 1. The lowest BCUT2D eigenvalue weighted by atomic mass is 9.96. The number of carbonyl (C=O) groups excluding carboxylic acids is 1. The van der Waals surface area contributed by atoms with Crippen LogP contribution in [-0.2, 0) is 0 Å². The molecule has 0 radical (unpaired) electrons. The summed E-state index contributed by atoms with van der Waals surface area (Å²) in [6.07, 6.45) is 2.00. The van der Waals surface area contributed by atoms with E-state index >= 15 is 0 Å². The highest BCUT2D eigenvalue weighted by Gasteiger charge is 2.29. The molecule has 1 fully saturated rings. The molecule has 0 spiro atoms. The molecule has 3 aromatic carbocycles. The molecule has 3 aromatic rings. The van der Waals surface area contributed by atoms with Crippen LogP contribution in [0, 0.1) is 0 Å². The van der Waals surface area contributed by atoms with Crippen LogP contribution >= 0.6 is 23.4 Å². The Balaban J connectivity index is 1.52. The molecule has 1 heterocycles. The predicted octanol–water partition coefficient (Wildman–Crippen LogP) is 5.61. The maximum absolute atomic E-state index is 13.1. The molecule has 1 aliphatic rings. The van der Waals surface area contributed by atoms with Crippen molar-refractivity contribution in [1.29, 1.82) is 0 Å². The molecule has 0 aromatic heterocycles. The van der Waals surface area contributed by atoms with Gasteiger partial charge in [0.2, 0.25) is 0 Å². The highest BCUT2D eigenvalue weighted by molar-refractivity contribution is 7.98. The summed E-state index contributed by atoms with van der Waals surface area (Å²) in [6.45, 7) is 3.02. The first-order valence-electron chi connectivity index (χ1n) is 10.1. The number of piperazine rings is 1. The van der Waals surface area contributed by atoms with E-state index in [-0.39, 0.29) is 11.9 Å². The van der Waals surface area contributed by atoms with E-state index in [1.54, 1.807) is 11.8 Å². The minimum absolute atomic E-state index is 0.0199. The lowest BCUT2D eigenvalue weighted by Crippen LogP contribution is -2.49. The molecule has 0 saturated carbocycles. The normalized spacial score (nSPS) is 14.8. The Bertz CT molecular complexity index is 949. The fourth-order valence-electron chi connectivity index (χ4n) is 4.03. The molecule has 3 nitrogen and oxygen atoms in total. The summed E-state index contributed by atoms with van der Waals surface area (Å²) < 4.78 is 0. The van der Waals surface area contributed by atoms with Gasteiger partial charge in [-0.1, -0.05) is 72.3 Å². The highest BCUT2D eigenvalue weighted by Crippen LogP contribution is 2.30. The van der Waals surface area contributed by atoms with E-state index in [1.807, 2.05) is 29.4 Å². The molecular weight excluding hydrogens is 412 g/mol.